The Morgan fingerprint density at radius 1 is 1.36 bits per heavy atom. The second-order valence-electron chi connectivity index (χ2n) is 3.88. The summed E-state index contributed by atoms with van der Waals surface area (Å²) >= 11 is 0. The van der Waals surface area contributed by atoms with Crippen molar-refractivity contribution in [2.75, 3.05) is 19.6 Å². The summed E-state index contributed by atoms with van der Waals surface area (Å²) in [5.41, 5.74) is -0.0774. The smallest absolute Gasteiger partial charge is 0.314 e. The summed E-state index contributed by atoms with van der Waals surface area (Å²) in [6, 6.07) is 0.635. The van der Waals surface area contributed by atoms with E-state index in [-0.39, 0.29) is 5.69 Å². The molecule has 3 rings (SSSR count). The molecule has 0 atom stereocenters. The maximum Gasteiger partial charge on any atom is 0.343 e. The first kappa shape index (κ1) is 8.19. The van der Waals surface area contributed by atoms with E-state index >= 15 is 0 Å². The van der Waals surface area contributed by atoms with Crippen LogP contribution in [0.3, 0.4) is 0 Å². The third kappa shape index (κ3) is 1.11. The molecule has 14 heavy (non-hydrogen) atoms. The van der Waals surface area contributed by atoms with Crippen LogP contribution < -0.4 is 11.0 Å². The zero-order chi connectivity index (χ0) is 9.54. The summed E-state index contributed by atoms with van der Waals surface area (Å²) in [5.74, 6) is 0.869. The van der Waals surface area contributed by atoms with Crippen LogP contribution in [0.1, 0.15) is 5.82 Å². The van der Waals surface area contributed by atoms with Crippen LogP contribution in [0.2, 0.25) is 0 Å². The second kappa shape index (κ2) is 2.93. The Labute approximate surface area is 80.9 Å². The van der Waals surface area contributed by atoms with Crippen molar-refractivity contribution >= 4 is 0 Å². The van der Waals surface area contributed by atoms with Gasteiger partial charge in [0.2, 0.25) is 0 Å². The Bertz CT molecular complexity index is 391. The third-order valence-corrected chi connectivity index (χ3v) is 3.07. The molecule has 76 valence electrons. The molecule has 0 amide bonds. The van der Waals surface area contributed by atoms with E-state index in [4.69, 9.17) is 0 Å². The fourth-order valence-corrected chi connectivity index (χ4v) is 2.03. The highest BCUT2D eigenvalue weighted by atomic mass is 16.1. The Morgan fingerprint density at radius 2 is 2.21 bits per heavy atom. The number of nitrogens with zero attached hydrogens (tertiary/aromatic N) is 3. The minimum absolute atomic E-state index is 0.0774. The van der Waals surface area contributed by atoms with Gasteiger partial charge in [0.15, 0.2) is 0 Å². The van der Waals surface area contributed by atoms with Crippen LogP contribution in [0, 0.1) is 0 Å². The number of hydrogen-bond donors (Lipinski definition) is 2. The van der Waals surface area contributed by atoms with Gasteiger partial charge < -0.3 is 5.32 Å². The molecule has 0 spiro atoms. The lowest BCUT2D eigenvalue weighted by molar-refractivity contribution is 0.111. The van der Waals surface area contributed by atoms with Gasteiger partial charge in [-0.2, -0.15) is 5.10 Å². The first-order chi connectivity index (χ1) is 6.84. The molecule has 0 radical (unpaired) electrons. The van der Waals surface area contributed by atoms with E-state index in [1.165, 1.54) is 0 Å². The minimum Gasteiger partial charge on any atom is -0.314 e. The molecule has 1 saturated heterocycles. The van der Waals surface area contributed by atoms with Gasteiger partial charge in [-0.3, -0.25) is 9.47 Å². The van der Waals surface area contributed by atoms with Crippen molar-refractivity contribution < 1.29 is 0 Å². The van der Waals surface area contributed by atoms with Crippen molar-refractivity contribution in [3.63, 3.8) is 0 Å². The van der Waals surface area contributed by atoms with E-state index in [9.17, 15) is 4.79 Å². The molecule has 2 aliphatic heterocycles. The average molecular weight is 195 g/mol. The largest absolute Gasteiger partial charge is 0.343 e. The summed E-state index contributed by atoms with van der Waals surface area (Å²) in [5, 5.41) is 9.75. The quantitative estimate of drug-likeness (QED) is 0.564. The monoisotopic (exact) mass is 195 g/mol. The standard InChI is InChI=1S/C8H13N5O/c14-8-11-10-7-5-12(1-2-13(7)8)6-3-9-4-6/h6,9H,1-5H2,(H,11,14). The van der Waals surface area contributed by atoms with Gasteiger partial charge in [0.05, 0.1) is 6.54 Å². The average Bonchev–Trinajstić information content (AvgIpc) is 2.45. The molecule has 0 aliphatic carbocycles. The van der Waals surface area contributed by atoms with Gasteiger partial charge in [0.25, 0.3) is 0 Å². The van der Waals surface area contributed by atoms with Gasteiger partial charge in [-0.15, -0.1) is 0 Å². The van der Waals surface area contributed by atoms with Gasteiger partial charge >= 0.3 is 5.69 Å². The normalized spacial score (nSPS) is 23.1. The highest BCUT2D eigenvalue weighted by Gasteiger charge is 2.28. The minimum atomic E-state index is -0.0774. The third-order valence-electron chi connectivity index (χ3n) is 3.07. The predicted octanol–water partition coefficient (Wildman–Crippen LogP) is -1.64. The molecule has 2 N–H and O–H groups in total. The van der Waals surface area contributed by atoms with Crippen LogP contribution >= 0.6 is 0 Å². The van der Waals surface area contributed by atoms with Crippen LogP contribution in [0.5, 0.6) is 0 Å². The van der Waals surface area contributed by atoms with Gasteiger partial charge in [0, 0.05) is 32.2 Å². The van der Waals surface area contributed by atoms with E-state index in [0.717, 1.165) is 38.5 Å². The number of rotatable bonds is 1. The summed E-state index contributed by atoms with van der Waals surface area (Å²) in [7, 11) is 0. The molecular formula is C8H13N5O. The summed E-state index contributed by atoms with van der Waals surface area (Å²) in [6.45, 7) is 4.65. The lowest BCUT2D eigenvalue weighted by atomic mass is 10.1. The molecule has 0 aromatic carbocycles. The lowest BCUT2D eigenvalue weighted by Crippen LogP contribution is -2.58. The Kier molecular flexibility index (Phi) is 1.71. The first-order valence-corrected chi connectivity index (χ1v) is 4.93. The topological polar surface area (TPSA) is 66.0 Å². The molecule has 0 unspecified atom stereocenters. The van der Waals surface area contributed by atoms with Crippen LogP contribution in [0.15, 0.2) is 4.79 Å². The number of nitrogens with one attached hydrogen (secondary N) is 2. The molecule has 6 heteroatoms. The Balaban J connectivity index is 1.82. The Morgan fingerprint density at radius 3 is 2.93 bits per heavy atom. The summed E-state index contributed by atoms with van der Waals surface area (Å²) in [4.78, 5) is 13.6. The molecule has 0 saturated carbocycles. The van der Waals surface area contributed by atoms with Crippen molar-refractivity contribution in [3.8, 4) is 0 Å². The number of H-pyrrole nitrogens is 1. The number of hydrogen-bond acceptors (Lipinski definition) is 4. The molecule has 1 aromatic heterocycles. The fraction of sp³-hybridized carbons (Fsp3) is 0.750. The molecule has 0 bridgehead atoms. The second-order valence-corrected chi connectivity index (χ2v) is 3.88. The molecule has 6 nitrogen and oxygen atoms in total. The van der Waals surface area contributed by atoms with E-state index in [2.05, 4.69) is 20.4 Å². The first-order valence-electron chi connectivity index (χ1n) is 4.93. The number of aromatic nitrogens is 3. The van der Waals surface area contributed by atoms with Crippen molar-refractivity contribution in [2.24, 2.45) is 0 Å². The van der Waals surface area contributed by atoms with Crippen molar-refractivity contribution in [2.45, 2.75) is 19.1 Å². The van der Waals surface area contributed by atoms with Crippen molar-refractivity contribution in [1.29, 1.82) is 0 Å². The van der Waals surface area contributed by atoms with Gasteiger partial charge in [0.1, 0.15) is 5.82 Å². The van der Waals surface area contributed by atoms with Crippen LogP contribution in [0.4, 0.5) is 0 Å². The van der Waals surface area contributed by atoms with Gasteiger partial charge in [-0.05, 0) is 0 Å². The van der Waals surface area contributed by atoms with Crippen LogP contribution in [0.25, 0.3) is 0 Å². The summed E-state index contributed by atoms with van der Waals surface area (Å²) < 4.78 is 1.72. The highest BCUT2D eigenvalue weighted by Crippen LogP contribution is 2.12. The van der Waals surface area contributed by atoms with Gasteiger partial charge in [-0.1, -0.05) is 0 Å². The summed E-state index contributed by atoms with van der Waals surface area (Å²) in [6.07, 6.45) is 0. The molecule has 3 heterocycles. The SMILES string of the molecule is O=c1[nH]nc2n1CCN(C1CNC1)C2. The van der Waals surface area contributed by atoms with Crippen molar-refractivity contribution in [1.82, 2.24) is 25.0 Å². The van der Waals surface area contributed by atoms with Crippen molar-refractivity contribution in [3.05, 3.63) is 16.3 Å². The molecule has 1 fully saturated rings. The van der Waals surface area contributed by atoms with E-state index in [1.54, 1.807) is 4.57 Å². The zero-order valence-corrected chi connectivity index (χ0v) is 7.86. The number of fused-ring (bicyclic) bond motifs is 1. The van der Waals surface area contributed by atoms with Crippen LogP contribution in [-0.2, 0) is 13.1 Å². The number of aromatic amines is 1. The van der Waals surface area contributed by atoms with Crippen LogP contribution in [-0.4, -0.2) is 45.3 Å². The fourth-order valence-electron chi connectivity index (χ4n) is 2.03. The molecule has 1 aromatic rings. The van der Waals surface area contributed by atoms with Gasteiger partial charge in [-0.25, -0.2) is 9.89 Å². The molecule has 2 aliphatic rings. The maximum absolute atomic E-state index is 11.2. The zero-order valence-electron chi connectivity index (χ0n) is 7.86. The molecular weight excluding hydrogens is 182 g/mol. The lowest BCUT2D eigenvalue weighted by Gasteiger charge is -2.39. The maximum atomic E-state index is 11.2. The highest BCUT2D eigenvalue weighted by molar-refractivity contribution is 4.95. The van der Waals surface area contributed by atoms with E-state index in [0.29, 0.717) is 6.04 Å². The predicted molar refractivity (Wildman–Crippen MR) is 49.9 cm³/mol. The van der Waals surface area contributed by atoms with E-state index in [1.807, 2.05) is 0 Å². The van der Waals surface area contributed by atoms with E-state index < -0.39 is 0 Å². The Hall–Kier alpha value is -1.14.